The lowest BCUT2D eigenvalue weighted by Gasteiger charge is -2.09. The largest absolute Gasteiger partial charge is 0.326 e. The SMILES string of the molecule is CC(=O)Nc1ccc(NC(=O)CC2CCNC2)cc1.Cl. The predicted octanol–water partition coefficient (Wildman–Crippen LogP) is 2.00. The summed E-state index contributed by atoms with van der Waals surface area (Å²) in [4.78, 5) is 22.7. The second-order valence-corrected chi connectivity index (χ2v) is 4.87. The fraction of sp³-hybridized carbons (Fsp3) is 0.429. The highest BCUT2D eigenvalue weighted by Gasteiger charge is 2.17. The summed E-state index contributed by atoms with van der Waals surface area (Å²) >= 11 is 0. The first-order valence-electron chi connectivity index (χ1n) is 6.52. The molecule has 1 unspecified atom stereocenters. The molecule has 1 atom stereocenters. The Morgan fingerprint density at radius 3 is 2.30 bits per heavy atom. The first-order valence-corrected chi connectivity index (χ1v) is 6.52. The van der Waals surface area contributed by atoms with Crippen LogP contribution in [0.4, 0.5) is 11.4 Å². The van der Waals surface area contributed by atoms with Gasteiger partial charge in [-0.15, -0.1) is 12.4 Å². The maximum atomic E-state index is 11.8. The van der Waals surface area contributed by atoms with E-state index in [4.69, 9.17) is 0 Å². The van der Waals surface area contributed by atoms with Gasteiger partial charge in [0.1, 0.15) is 0 Å². The number of hydrogen-bond donors (Lipinski definition) is 3. The Balaban J connectivity index is 0.00000200. The number of rotatable bonds is 4. The molecule has 1 fully saturated rings. The summed E-state index contributed by atoms with van der Waals surface area (Å²) in [6.07, 6.45) is 1.62. The van der Waals surface area contributed by atoms with Crippen LogP contribution in [0.1, 0.15) is 19.8 Å². The summed E-state index contributed by atoms with van der Waals surface area (Å²) in [7, 11) is 0. The van der Waals surface area contributed by atoms with Crippen LogP contribution in [-0.4, -0.2) is 24.9 Å². The van der Waals surface area contributed by atoms with Crippen LogP contribution in [0, 0.1) is 5.92 Å². The number of anilines is 2. The van der Waals surface area contributed by atoms with E-state index in [9.17, 15) is 9.59 Å². The molecule has 1 heterocycles. The van der Waals surface area contributed by atoms with E-state index in [1.807, 2.05) is 0 Å². The third kappa shape index (κ3) is 5.19. The van der Waals surface area contributed by atoms with Gasteiger partial charge >= 0.3 is 0 Å². The van der Waals surface area contributed by atoms with Crippen LogP contribution in [0.2, 0.25) is 0 Å². The molecule has 0 spiro atoms. The molecule has 0 bridgehead atoms. The fourth-order valence-corrected chi connectivity index (χ4v) is 2.20. The molecule has 3 N–H and O–H groups in total. The van der Waals surface area contributed by atoms with Crippen molar-refractivity contribution < 1.29 is 9.59 Å². The van der Waals surface area contributed by atoms with Gasteiger partial charge in [0, 0.05) is 24.7 Å². The average molecular weight is 298 g/mol. The summed E-state index contributed by atoms with van der Waals surface area (Å²) in [5.74, 6) is 0.380. The third-order valence-corrected chi connectivity index (χ3v) is 3.13. The van der Waals surface area contributed by atoms with E-state index >= 15 is 0 Å². The number of carbonyl (C=O) groups is 2. The van der Waals surface area contributed by atoms with Gasteiger partial charge in [-0.05, 0) is 49.7 Å². The van der Waals surface area contributed by atoms with E-state index in [-0.39, 0.29) is 24.2 Å². The molecule has 0 aliphatic carbocycles. The number of amides is 2. The van der Waals surface area contributed by atoms with Crippen molar-refractivity contribution >= 4 is 35.6 Å². The highest BCUT2D eigenvalue weighted by Crippen LogP contribution is 2.16. The molecule has 2 rings (SSSR count). The van der Waals surface area contributed by atoms with Gasteiger partial charge in [-0.3, -0.25) is 9.59 Å². The summed E-state index contributed by atoms with van der Waals surface area (Å²) < 4.78 is 0. The molecule has 20 heavy (non-hydrogen) atoms. The topological polar surface area (TPSA) is 70.2 Å². The number of benzene rings is 1. The molecule has 6 heteroatoms. The van der Waals surface area contributed by atoms with Crippen LogP contribution in [-0.2, 0) is 9.59 Å². The lowest BCUT2D eigenvalue weighted by molar-refractivity contribution is -0.117. The van der Waals surface area contributed by atoms with E-state index < -0.39 is 0 Å². The van der Waals surface area contributed by atoms with Crippen molar-refractivity contribution in [3.8, 4) is 0 Å². The quantitative estimate of drug-likeness (QED) is 0.796. The van der Waals surface area contributed by atoms with Crippen LogP contribution in [0.15, 0.2) is 24.3 Å². The Bertz CT molecular complexity index is 456. The predicted molar refractivity (Wildman–Crippen MR) is 82.2 cm³/mol. The number of halogens is 1. The number of carbonyl (C=O) groups excluding carboxylic acids is 2. The monoisotopic (exact) mass is 297 g/mol. The van der Waals surface area contributed by atoms with Crippen LogP contribution in [0.25, 0.3) is 0 Å². The molecule has 1 aromatic rings. The Morgan fingerprint density at radius 2 is 1.80 bits per heavy atom. The first kappa shape index (κ1) is 16.5. The fourth-order valence-electron chi connectivity index (χ4n) is 2.20. The molecular weight excluding hydrogens is 278 g/mol. The van der Waals surface area contributed by atoms with Crippen molar-refractivity contribution in [3.05, 3.63) is 24.3 Å². The molecule has 1 aliphatic heterocycles. The van der Waals surface area contributed by atoms with Crippen LogP contribution >= 0.6 is 12.4 Å². The summed E-state index contributed by atoms with van der Waals surface area (Å²) in [5, 5.41) is 8.80. The van der Waals surface area contributed by atoms with Crippen LogP contribution in [0.3, 0.4) is 0 Å². The maximum absolute atomic E-state index is 11.8. The molecular formula is C14H20ClN3O2. The highest BCUT2D eigenvalue weighted by atomic mass is 35.5. The van der Waals surface area contributed by atoms with Gasteiger partial charge in [-0.1, -0.05) is 0 Å². The maximum Gasteiger partial charge on any atom is 0.224 e. The normalized spacial score (nSPS) is 17.1. The van der Waals surface area contributed by atoms with Crippen molar-refractivity contribution in [2.75, 3.05) is 23.7 Å². The van der Waals surface area contributed by atoms with Crippen molar-refractivity contribution in [2.45, 2.75) is 19.8 Å². The summed E-state index contributed by atoms with van der Waals surface area (Å²) in [6, 6.07) is 7.12. The minimum Gasteiger partial charge on any atom is -0.326 e. The molecule has 0 radical (unpaired) electrons. The van der Waals surface area contributed by atoms with Crippen molar-refractivity contribution in [3.63, 3.8) is 0 Å². The minimum absolute atomic E-state index is 0. The highest BCUT2D eigenvalue weighted by molar-refractivity contribution is 5.92. The van der Waals surface area contributed by atoms with Gasteiger partial charge in [0.15, 0.2) is 0 Å². The number of nitrogens with one attached hydrogen (secondary N) is 3. The molecule has 110 valence electrons. The Hall–Kier alpha value is -1.59. The smallest absolute Gasteiger partial charge is 0.224 e. The van der Waals surface area contributed by atoms with Crippen molar-refractivity contribution in [2.24, 2.45) is 5.92 Å². The summed E-state index contributed by atoms with van der Waals surface area (Å²) in [6.45, 7) is 3.39. The summed E-state index contributed by atoms with van der Waals surface area (Å²) in [5.41, 5.74) is 1.48. The second kappa shape index (κ2) is 7.87. The van der Waals surface area contributed by atoms with Crippen LogP contribution in [0.5, 0.6) is 0 Å². The van der Waals surface area contributed by atoms with E-state index in [2.05, 4.69) is 16.0 Å². The van der Waals surface area contributed by atoms with Crippen molar-refractivity contribution in [1.82, 2.24) is 5.32 Å². The van der Waals surface area contributed by atoms with Crippen LogP contribution < -0.4 is 16.0 Å². The van der Waals surface area contributed by atoms with E-state index in [0.29, 0.717) is 12.3 Å². The van der Waals surface area contributed by atoms with Gasteiger partial charge in [0.25, 0.3) is 0 Å². The molecule has 0 aromatic heterocycles. The molecule has 2 amide bonds. The van der Waals surface area contributed by atoms with Crippen molar-refractivity contribution in [1.29, 1.82) is 0 Å². The van der Waals surface area contributed by atoms with Gasteiger partial charge in [-0.2, -0.15) is 0 Å². The lowest BCUT2D eigenvalue weighted by Crippen LogP contribution is -2.18. The zero-order valence-corrected chi connectivity index (χ0v) is 12.3. The second-order valence-electron chi connectivity index (χ2n) is 4.87. The average Bonchev–Trinajstić information content (AvgIpc) is 2.83. The molecule has 1 saturated heterocycles. The van der Waals surface area contributed by atoms with E-state index in [1.165, 1.54) is 6.92 Å². The molecule has 5 nitrogen and oxygen atoms in total. The zero-order chi connectivity index (χ0) is 13.7. The first-order chi connectivity index (χ1) is 9.13. The van der Waals surface area contributed by atoms with E-state index in [0.717, 1.165) is 30.9 Å². The molecule has 1 aliphatic rings. The van der Waals surface area contributed by atoms with Gasteiger partial charge in [-0.25, -0.2) is 0 Å². The third-order valence-electron chi connectivity index (χ3n) is 3.13. The lowest BCUT2D eigenvalue weighted by atomic mass is 10.0. The number of hydrogen-bond acceptors (Lipinski definition) is 3. The zero-order valence-electron chi connectivity index (χ0n) is 11.4. The van der Waals surface area contributed by atoms with Gasteiger partial charge < -0.3 is 16.0 Å². The Morgan fingerprint density at radius 1 is 1.20 bits per heavy atom. The molecule has 1 aromatic carbocycles. The van der Waals surface area contributed by atoms with Gasteiger partial charge in [0.2, 0.25) is 11.8 Å². The minimum atomic E-state index is -0.106. The Kier molecular flexibility index (Phi) is 6.48. The standard InChI is InChI=1S/C14H19N3O2.ClH/c1-10(18)16-12-2-4-13(5-3-12)17-14(19)8-11-6-7-15-9-11;/h2-5,11,15H,6-9H2,1H3,(H,16,18)(H,17,19);1H. The van der Waals surface area contributed by atoms with Gasteiger partial charge in [0.05, 0.1) is 0 Å². The molecule has 0 saturated carbocycles. The Labute approximate surface area is 124 Å². The van der Waals surface area contributed by atoms with E-state index in [1.54, 1.807) is 24.3 Å².